The van der Waals surface area contributed by atoms with E-state index in [-0.39, 0.29) is 18.0 Å². The quantitative estimate of drug-likeness (QED) is 0.673. The number of para-hydroxylation sites is 2. The van der Waals surface area contributed by atoms with Crippen molar-refractivity contribution in [1.29, 1.82) is 0 Å². The first-order valence-electron chi connectivity index (χ1n) is 5.87. The molecule has 2 aromatic carbocycles. The van der Waals surface area contributed by atoms with E-state index in [0.717, 1.165) is 0 Å². The molecule has 0 radical (unpaired) electrons. The van der Waals surface area contributed by atoms with Crippen LogP contribution in [-0.2, 0) is 0 Å². The van der Waals surface area contributed by atoms with Crippen LogP contribution in [0.25, 0.3) is 0 Å². The Hall–Kier alpha value is -2.47. The third kappa shape index (κ3) is 3.30. The Morgan fingerprint density at radius 2 is 1.85 bits per heavy atom. The molecule has 0 saturated heterocycles. The van der Waals surface area contributed by atoms with E-state index in [1.54, 1.807) is 6.07 Å². The Kier molecular flexibility index (Phi) is 4.27. The van der Waals surface area contributed by atoms with Crippen molar-refractivity contribution in [3.05, 3.63) is 70.0 Å². The lowest BCUT2D eigenvalue weighted by Gasteiger charge is -2.12. The topological polar surface area (TPSA) is 72.6 Å². The van der Waals surface area contributed by atoms with Gasteiger partial charge in [0.15, 0.2) is 5.75 Å². The lowest BCUT2D eigenvalue weighted by Crippen LogP contribution is -2.10. The van der Waals surface area contributed by atoms with Crippen molar-refractivity contribution in [2.24, 2.45) is 0 Å². The highest BCUT2D eigenvalue weighted by molar-refractivity contribution is 5.45. The van der Waals surface area contributed by atoms with E-state index >= 15 is 0 Å². The molecule has 104 valence electrons. The number of rotatable bonds is 5. The lowest BCUT2D eigenvalue weighted by molar-refractivity contribution is -0.385. The SMILES string of the molecule is O=[N+]([O-])c1ccccc1OCC(O)c1ccc(F)cc1. The van der Waals surface area contributed by atoms with Gasteiger partial charge in [-0.15, -0.1) is 0 Å². The van der Waals surface area contributed by atoms with Crippen LogP contribution in [0.4, 0.5) is 10.1 Å². The number of halogens is 1. The smallest absolute Gasteiger partial charge is 0.310 e. The van der Waals surface area contributed by atoms with Crippen LogP contribution in [-0.4, -0.2) is 16.6 Å². The number of nitro benzene ring substituents is 1. The van der Waals surface area contributed by atoms with Crippen molar-refractivity contribution >= 4 is 5.69 Å². The zero-order valence-corrected chi connectivity index (χ0v) is 10.4. The van der Waals surface area contributed by atoms with Crippen LogP contribution in [0.1, 0.15) is 11.7 Å². The molecule has 0 fully saturated rings. The molecular weight excluding hydrogens is 265 g/mol. The predicted octanol–water partition coefficient (Wildman–Crippen LogP) is 2.85. The summed E-state index contributed by atoms with van der Waals surface area (Å²) >= 11 is 0. The Morgan fingerprint density at radius 1 is 1.20 bits per heavy atom. The first-order valence-corrected chi connectivity index (χ1v) is 5.87. The lowest BCUT2D eigenvalue weighted by atomic mass is 10.1. The van der Waals surface area contributed by atoms with Crippen molar-refractivity contribution in [1.82, 2.24) is 0 Å². The van der Waals surface area contributed by atoms with E-state index < -0.39 is 16.8 Å². The molecule has 1 unspecified atom stereocenters. The standard InChI is InChI=1S/C14H12FNO4/c15-11-7-5-10(6-8-11)13(17)9-20-14-4-2-1-3-12(14)16(18)19/h1-8,13,17H,9H2. The van der Waals surface area contributed by atoms with E-state index in [4.69, 9.17) is 4.74 Å². The molecular formula is C14H12FNO4. The van der Waals surface area contributed by atoms with Gasteiger partial charge in [-0.05, 0) is 23.8 Å². The van der Waals surface area contributed by atoms with Gasteiger partial charge < -0.3 is 9.84 Å². The Balaban J connectivity index is 2.05. The molecule has 0 bridgehead atoms. The highest BCUT2D eigenvalue weighted by Gasteiger charge is 2.16. The van der Waals surface area contributed by atoms with Gasteiger partial charge in [0.2, 0.25) is 0 Å². The van der Waals surface area contributed by atoms with Crippen molar-refractivity contribution in [2.75, 3.05) is 6.61 Å². The maximum atomic E-state index is 12.8. The van der Waals surface area contributed by atoms with E-state index in [9.17, 15) is 19.6 Å². The number of aliphatic hydroxyl groups is 1. The fourth-order valence-electron chi connectivity index (χ4n) is 1.68. The number of benzene rings is 2. The molecule has 5 nitrogen and oxygen atoms in total. The molecule has 1 atom stereocenters. The van der Waals surface area contributed by atoms with Crippen LogP contribution in [0, 0.1) is 15.9 Å². The fourth-order valence-corrected chi connectivity index (χ4v) is 1.68. The molecule has 0 aliphatic carbocycles. The predicted molar refractivity (Wildman–Crippen MR) is 70.0 cm³/mol. The molecule has 0 amide bonds. The highest BCUT2D eigenvalue weighted by Crippen LogP contribution is 2.27. The average molecular weight is 277 g/mol. The maximum absolute atomic E-state index is 12.8. The van der Waals surface area contributed by atoms with Crippen LogP contribution in [0.3, 0.4) is 0 Å². The molecule has 0 heterocycles. The molecule has 0 aromatic heterocycles. The largest absolute Gasteiger partial charge is 0.484 e. The van der Waals surface area contributed by atoms with Crippen LogP contribution in [0.15, 0.2) is 48.5 Å². The minimum atomic E-state index is -0.990. The third-order valence-electron chi connectivity index (χ3n) is 2.71. The van der Waals surface area contributed by atoms with Crippen LogP contribution in [0.2, 0.25) is 0 Å². The molecule has 0 spiro atoms. The number of hydrogen-bond acceptors (Lipinski definition) is 4. The minimum absolute atomic E-state index is 0.0821. The summed E-state index contributed by atoms with van der Waals surface area (Å²) in [6.07, 6.45) is -0.990. The number of hydrogen-bond donors (Lipinski definition) is 1. The van der Waals surface area contributed by atoms with Gasteiger partial charge in [-0.2, -0.15) is 0 Å². The fraction of sp³-hybridized carbons (Fsp3) is 0.143. The van der Waals surface area contributed by atoms with Crippen molar-refractivity contribution in [3.8, 4) is 5.75 Å². The molecule has 1 N–H and O–H groups in total. The van der Waals surface area contributed by atoms with Gasteiger partial charge in [0, 0.05) is 6.07 Å². The van der Waals surface area contributed by atoms with E-state index in [1.807, 2.05) is 0 Å². The summed E-state index contributed by atoms with van der Waals surface area (Å²) in [6, 6.07) is 11.2. The normalized spacial score (nSPS) is 11.9. The molecule has 2 aromatic rings. The molecule has 0 saturated carbocycles. The summed E-state index contributed by atoms with van der Waals surface area (Å²) in [5.41, 5.74) is 0.309. The molecule has 0 aliphatic rings. The van der Waals surface area contributed by atoms with Crippen LogP contribution in [0.5, 0.6) is 5.75 Å². The van der Waals surface area contributed by atoms with E-state index in [0.29, 0.717) is 5.56 Å². The minimum Gasteiger partial charge on any atom is -0.484 e. The molecule has 2 rings (SSSR count). The van der Waals surface area contributed by atoms with Crippen molar-refractivity contribution in [2.45, 2.75) is 6.10 Å². The summed E-state index contributed by atoms with van der Waals surface area (Å²) in [5, 5.41) is 20.7. The van der Waals surface area contributed by atoms with E-state index in [2.05, 4.69) is 0 Å². The monoisotopic (exact) mass is 277 g/mol. The number of nitrogens with zero attached hydrogens (tertiary/aromatic N) is 1. The molecule has 6 heteroatoms. The number of nitro groups is 1. The number of aliphatic hydroxyl groups excluding tert-OH is 1. The Labute approximate surface area is 114 Å². The van der Waals surface area contributed by atoms with Crippen LogP contribution < -0.4 is 4.74 Å². The van der Waals surface area contributed by atoms with Gasteiger partial charge in [0.05, 0.1) is 4.92 Å². The highest BCUT2D eigenvalue weighted by atomic mass is 19.1. The van der Waals surface area contributed by atoms with E-state index in [1.165, 1.54) is 42.5 Å². The summed E-state index contributed by atoms with van der Waals surface area (Å²) in [7, 11) is 0. The van der Waals surface area contributed by atoms with Gasteiger partial charge in [-0.3, -0.25) is 10.1 Å². The van der Waals surface area contributed by atoms with Gasteiger partial charge in [-0.25, -0.2) is 4.39 Å². The van der Waals surface area contributed by atoms with Gasteiger partial charge >= 0.3 is 5.69 Å². The first kappa shape index (κ1) is 14.0. The van der Waals surface area contributed by atoms with Gasteiger partial charge in [-0.1, -0.05) is 24.3 Å². The van der Waals surface area contributed by atoms with Gasteiger partial charge in [0.1, 0.15) is 18.5 Å². The maximum Gasteiger partial charge on any atom is 0.310 e. The second-order valence-electron chi connectivity index (χ2n) is 4.10. The zero-order chi connectivity index (χ0) is 14.5. The summed E-state index contributed by atoms with van der Waals surface area (Å²) in [6.45, 7) is -0.156. The van der Waals surface area contributed by atoms with Gasteiger partial charge in [0.25, 0.3) is 0 Å². The summed E-state index contributed by atoms with van der Waals surface area (Å²) in [4.78, 5) is 10.2. The average Bonchev–Trinajstić information content (AvgIpc) is 2.45. The Bertz CT molecular complexity index is 600. The zero-order valence-electron chi connectivity index (χ0n) is 10.4. The second-order valence-corrected chi connectivity index (χ2v) is 4.10. The van der Waals surface area contributed by atoms with Crippen molar-refractivity contribution in [3.63, 3.8) is 0 Å². The summed E-state index contributed by atoms with van der Waals surface area (Å²) < 4.78 is 18.0. The Morgan fingerprint density at radius 3 is 2.50 bits per heavy atom. The summed E-state index contributed by atoms with van der Waals surface area (Å²) in [5.74, 6) is -0.320. The van der Waals surface area contributed by atoms with Crippen LogP contribution >= 0.6 is 0 Å². The third-order valence-corrected chi connectivity index (χ3v) is 2.71. The van der Waals surface area contributed by atoms with Crippen molar-refractivity contribution < 1.29 is 19.2 Å². The molecule has 20 heavy (non-hydrogen) atoms. The second kappa shape index (κ2) is 6.12. The number of ether oxygens (including phenoxy) is 1. The first-order chi connectivity index (χ1) is 9.58. The molecule has 0 aliphatic heterocycles.